The van der Waals surface area contributed by atoms with Crippen LogP contribution in [0.25, 0.3) is 0 Å². The zero-order valence-electron chi connectivity index (χ0n) is 10.7. The number of hydrogen-bond donors (Lipinski definition) is 2. The predicted molar refractivity (Wildman–Crippen MR) is 76.3 cm³/mol. The predicted octanol–water partition coefficient (Wildman–Crippen LogP) is 2.19. The van der Waals surface area contributed by atoms with Gasteiger partial charge in [-0.1, -0.05) is 0 Å². The fraction of sp³-hybridized carbons (Fsp3) is 0.500. The molecule has 1 fully saturated rings. The fourth-order valence-electron chi connectivity index (χ4n) is 2.32. The highest BCUT2D eigenvalue weighted by molar-refractivity contribution is 7.80. The van der Waals surface area contributed by atoms with E-state index in [-0.39, 0.29) is 11.9 Å². The highest BCUT2D eigenvalue weighted by atomic mass is 32.1. The highest BCUT2D eigenvalue weighted by Gasteiger charge is 2.16. The molecule has 1 unspecified atom stereocenters. The molecule has 1 aliphatic heterocycles. The van der Waals surface area contributed by atoms with Gasteiger partial charge in [0.25, 0.3) is 5.91 Å². The Hall–Kier alpha value is -1.00. The molecule has 18 heavy (non-hydrogen) atoms. The molecule has 0 saturated carbocycles. The zero-order valence-corrected chi connectivity index (χ0v) is 11.6. The lowest BCUT2D eigenvalue weighted by molar-refractivity contribution is 0.0932. The minimum absolute atomic E-state index is 0.00460. The first-order valence-electron chi connectivity index (χ1n) is 6.47. The van der Waals surface area contributed by atoms with Crippen LogP contribution in [0.3, 0.4) is 0 Å². The second-order valence-corrected chi connectivity index (χ2v) is 5.45. The van der Waals surface area contributed by atoms with Gasteiger partial charge in [0.15, 0.2) is 0 Å². The van der Waals surface area contributed by atoms with Gasteiger partial charge in [-0.05, 0) is 57.1 Å². The van der Waals surface area contributed by atoms with Gasteiger partial charge in [0.2, 0.25) is 0 Å². The quantitative estimate of drug-likeness (QED) is 0.817. The first-order valence-corrected chi connectivity index (χ1v) is 6.92. The Labute approximate surface area is 114 Å². The summed E-state index contributed by atoms with van der Waals surface area (Å²) in [5.41, 5.74) is 0.695. The van der Waals surface area contributed by atoms with E-state index >= 15 is 0 Å². The van der Waals surface area contributed by atoms with Crippen LogP contribution in [0.5, 0.6) is 0 Å². The third kappa shape index (κ3) is 3.75. The number of carbonyl (C=O) groups excluding carboxylic acids is 1. The third-order valence-corrected chi connectivity index (χ3v) is 3.54. The van der Waals surface area contributed by atoms with Crippen molar-refractivity contribution in [1.82, 2.24) is 10.2 Å². The van der Waals surface area contributed by atoms with E-state index in [0.717, 1.165) is 24.5 Å². The third-order valence-electron chi connectivity index (χ3n) is 3.24. The molecule has 1 aliphatic rings. The maximum Gasteiger partial charge on any atom is 0.251 e. The van der Waals surface area contributed by atoms with Gasteiger partial charge in [-0.25, -0.2) is 0 Å². The number of thiol groups is 1. The normalized spacial score (nSPS) is 17.7. The summed E-state index contributed by atoms with van der Waals surface area (Å²) >= 11 is 4.21. The molecule has 4 heteroatoms. The molecule has 1 aromatic carbocycles. The molecule has 1 N–H and O–H groups in total. The van der Waals surface area contributed by atoms with Crippen molar-refractivity contribution in [2.24, 2.45) is 0 Å². The van der Waals surface area contributed by atoms with Gasteiger partial charge >= 0.3 is 0 Å². The Balaban J connectivity index is 1.84. The average Bonchev–Trinajstić information content (AvgIpc) is 2.82. The molecule has 1 atom stereocenters. The summed E-state index contributed by atoms with van der Waals surface area (Å²) in [5.74, 6) is -0.00460. The molecule has 1 aromatic rings. The second kappa shape index (κ2) is 6.25. The summed E-state index contributed by atoms with van der Waals surface area (Å²) in [4.78, 5) is 15.3. The van der Waals surface area contributed by atoms with Gasteiger partial charge in [-0.2, -0.15) is 0 Å². The maximum atomic E-state index is 12.0. The summed E-state index contributed by atoms with van der Waals surface area (Å²) in [6.45, 7) is 5.32. The standard InChI is InChI=1S/C14H20N2OS/c1-11(10-16-8-2-3-9-16)15-14(17)12-4-6-13(18)7-5-12/h4-7,11,18H,2-3,8-10H2,1H3,(H,15,17). The van der Waals surface area contributed by atoms with E-state index in [4.69, 9.17) is 0 Å². The summed E-state index contributed by atoms with van der Waals surface area (Å²) in [6.07, 6.45) is 2.56. The van der Waals surface area contributed by atoms with Gasteiger partial charge in [0, 0.05) is 23.0 Å². The SMILES string of the molecule is CC(CN1CCCC1)NC(=O)c1ccc(S)cc1. The van der Waals surface area contributed by atoms with Crippen LogP contribution in [0.1, 0.15) is 30.1 Å². The lowest BCUT2D eigenvalue weighted by Crippen LogP contribution is -2.41. The van der Waals surface area contributed by atoms with Crippen molar-refractivity contribution in [2.75, 3.05) is 19.6 Å². The molecule has 0 aliphatic carbocycles. The summed E-state index contributed by atoms with van der Waals surface area (Å²) in [5, 5.41) is 3.04. The van der Waals surface area contributed by atoms with Crippen molar-refractivity contribution >= 4 is 18.5 Å². The molecule has 2 rings (SSSR count). The van der Waals surface area contributed by atoms with E-state index in [2.05, 4.69) is 29.8 Å². The topological polar surface area (TPSA) is 32.3 Å². The largest absolute Gasteiger partial charge is 0.348 e. The lowest BCUT2D eigenvalue weighted by Gasteiger charge is -2.21. The first kappa shape index (κ1) is 13.4. The van der Waals surface area contributed by atoms with Crippen LogP contribution in [0.2, 0.25) is 0 Å². The van der Waals surface area contributed by atoms with Crippen LogP contribution in [0, 0.1) is 0 Å². The monoisotopic (exact) mass is 264 g/mol. The number of amides is 1. The van der Waals surface area contributed by atoms with Crippen LogP contribution in [-0.2, 0) is 0 Å². The second-order valence-electron chi connectivity index (χ2n) is 4.93. The van der Waals surface area contributed by atoms with Crippen molar-refractivity contribution in [3.63, 3.8) is 0 Å². The Morgan fingerprint density at radius 3 is 2.56 bits per heavy atom. The summed E-state index contributed by atoms with van der Waals surface area (Å²) in [6, 6.07) is 7.47. The van der Waals surface area contributed by atoms with Gasteiger partial charge in [-0.3, -0.25) is 4.79 Å². The van der Waals surface area contributed by atoms with Crippen LogP contribution in [0.4, 0.5) is 0 Å². The minimum atomic E-state index is -0.00460. The molecule has 0 bridgehead atoms. The zero-order chi connectivity index (χ0) is 13.0. The van der Waals surface area contributed by atoms with E-state index in [1.165, 1.54) is 12.8 Å². The van der Waals surface area contributed by atoms with Gasteiger partial charge in [0.1, 0.15) is 0 Å². The number of benzene rings is 1. The van der Waals surface area contributed by atoms with E-state index in [0.29, 0.717) is 5.56 Å². The lowest BCUT2D eigenvalue weighted by atomic mass is 10.2. The number of carbonyl (C=O) groups is 1. The molecule has 1 amide bonds. The van der Waals surface area contributed by atoms with Crippen molar-refractivity contribution in [3.05, 3.63) is 29.8 Å². The van der Waals surface area contributed by atoms with Gasteiger partial charge in [0.05, 0.1) is 0 Å². The van der Waals surface area contributed by atoms with Crippen LogP contribution < -0.4 is 5.32 Å². The number of nitrogens with zero attached hydrogens (tertiary/aromatic N) is 1. The molecule has 3 nitrogen and oxygen atoms in total. The smallest absolute Gasteiger partial charge is 0.251 e. The number of hydrogen-bond acceptors (Lipinski definition) is 3. The minimum Gasteiger partial charge on any atom is -0.348 e. The molecule has 1 saturated heterocycles. The van der Waals surface area contributed by atoms with Crippen LogP contribution in [-0.4, -0.2) is 36.5 Å². The summed E-state index contributed by atoms with van der Waals surface area (Å²) in [7, 11) is 0. The Bertz CT molecular complexity index is 399. The Morgan fingerprint density at radius 2 is 1.94 bits per heavy atom. The molecular weight excluding hydrogens is 244 g/mol. The number of nitrogens with one attached hydrogen (secondary N) is 1. The molecule has 0 aromatic heterocycles. The Morgan fingerprint density at radius 1 is 1.33 bits per heavy atom. The fourth-order valence-corrected chi connectivity index (χ4v) is 2.47. The average molecular weight is 264 g/mol. The summed E-state index contributed by atoms with van der Waals surface area (Å²) < 4.78 is 0. The molecular formula is C14H20N2OS. The number of rotatable bonds is 4. The van der Waals surface area contributed by atoms with Crippen molar-refractivity contribution in [3.8, 4) is 0 Å². The molecule has 0 spiro atoms. The van der Waals surface area contributed by atoms with E-state index < -0.39 is 0 Å². The van der Waals surface area contributed by atoms with Crippen molar-refractivity contribution in [2.45, 2.75) is 30.7 Å². The van der Waals surface area contributed by atoms with Crippen LogP contribution >= 0.6 is 12.6 Å². The van der Waals surface area contributed by atoms with Crippen molar-refractivity contribution in [1.29, 1.82) is 0 Å². The van der Waals surface area contributed by atoms with E-state index in [1.54, 1.807) is 12.1 Å². The van der Waals surface area contributed by atoms with E-state index in [9.17, 15) is 4.79 Å². The van der Waals surface area contributed by atoms with Crippen molar-refractivity contribution < 1.29 is 4.79 Å². The van der Waals surface area contributed by atoms with E-state index in [1.807, 2.05) is 12.1 Å². The van der Waals surface area contributed by atoms with Gasteiger partial charge < -0.3 is 10.2 Å². The maximum absolute atomic E-state index is 12.0. The Kier molecular flexibility index (Phi) is 4.66. The molecule has 0 radical (unpaired) electrons. The molecule has 98 valence electrons. The highest BCUT2D eigenvalue weighted by Crippen LogP contribution is 2.09. The van der Waals surface area contributed by atoms with Crippen LogP contribution in [0.15, 0.2) is 29.2 Å². The number of likely N-dealkylation sites (tertiary alicyclic amines) is 1. The molecule has 1 heterocycles. The first-order chi connectivity index (χ1) is 8.65. The van der Waals surface area contributed by atoms with Gasteiger partial charge in [-0.15, -0.1) is 12.6 Å².